The van der Waals surface area contributed by atoms with Crippen molar-refractivity contribution < 1.29 is 5.11 Å². The molecule has 1 N–H and O–H groups in total. The highest BCUT2D eigenvalue weighted by Crippen LogP contribution is 2.25. The van der Waals surface area contributed by atoms with Crippen molar-refractivity contribution in [3.05, 3.63) is 5.15 Å². The highest BCUT2D eigenvalue weighted by molar-refractivity contribution is 6.99. The van der Waals surface area contributed by atoms with Crippen molar-refractivity contribution in [2.24, 2.45) is 0 Å². The minimum absolute atomic E-state index is 0.176. The quantitative estimate of drug-likeness (QED) is 0.800. The Labute approximate surface area is 91.8 Å². The smallest absolute Gasteiger partial charge is 0.187 e. The summed E-state index contributed by atoms with van der Waals surface area (Å²) in [6.45, 7) is 1.72. The summed E-state index contributed by atoms with van der Waals surface area (Å²) in [5.74, 6) is 0.769. The Kier molecular flexibility index (Phi) is 3.20. The van der Waals surface area contributed by atoms with Crippen LogP contribution >= 0.6 is 23.3 Å². The Hall–Kier alpha value is -0.390. The first-order chi connectivity index (χ1) is 6.77. The Bertz CT molecular complexity index is 307. The van der Waals surface area contributed by atoms with E-state index in [9.17, 15) is 5.11 Å². The van der Waals surface area contributed by atoms with E-state index in [4.69, 9.17) is 11.6 Å². The molecule has 0 radical (unpaired) electrons. The lowest BCUT2D eigenvalue weighted by atomic mass is 10.2. The van der Waals surface area contributed by atoms with E-state index in [-0.39, 0.29) is 6.10 Å². The number of aromatic nitrogens is 2. The molecule has 0 spiro atoms. The van der Waals surface area contributed by atoms with E-state index in [0.29, 0.717) is 5.15 Å². The number of nitrogens with zero attached hydrogens (tertiary/aromatic N) is 3. The number of aliphatic hydroxyl groups is 1. The van der Waals surface area contributed by atoms with E-state index in [0.717, 1.165) is 49.9 Å². The van der Waals surface area contributed by atoms with E-state index in [2.05, 4.69) is 13.6 Å². The minimum Gasteiger partial charge on any atom is -0.393 e. The fourth-order valence-electron chi connectivity index (χ4n) is 1.65. The lowest BCUT2D eigenvalue weighted by molar-refractivity contribution is 0.161. The van der Waals surface area contributed by atoms with Gasteiger partial charge in [0.25, 0.3) is 0 Å². The van der Waals surface area contributed by atoms with Gasteiger partial charge in [-0.3, -0.25) is 0 Å². The normalized spacial score (nSPS) is 23.6. The highest BCUT2D eigenvalue weighted by atomic mass is 35.5. The van der Waals surface area contributed by atoms with Crippen LogP contribution in [0.1, 0.15) is 19.3 Å². The standard InChI is InChI=1S/C8H12ClN3OS/c9-7-8(11-14-10-7)12-4-1-2-6(13)3-5-12/h6,13H,1-5H2. The van der Waals surface area contributed by atoms with Gasteiger partial charge in [-0.05, 0) is 19.3 Å². The molecular weight excluding hydrogens is 222 g/mol. The summed E-state index contributed by atoms with van der Waals surface area (Å²) in [5, 5.41) is 9.96. The van der Waals surface area contributed by atoms with E-state index < -0.39 is 0 Å². The molecule has 0 amide bonds. The molecule has 14 heavy (non-hydrogen) atoms. The van der Waals surface area contributed by atoms with Gasteiger partial charge in [0.15, 0.2) is 11.0 Å². The summed E-state index contributed by atoms with van der Waals surface area (Å²) in [7, 11) is 0. The van der Waals surface area contributed by atoms with Gasteiger partial charge in [0.1, 0.15) is 0 Å². The molecule has 1 fully saturated rings. The maximum Gasteiger partial charge on any atom is 0.187 e. The van der Waals surface area contributed by atoms with Crippen molar-refractivity contribution in [1.82, 2.24) is 8.75 Å². The molecule has 0 bridgehead atoms. The van der Waals surface area contributed by atoms with Gasteiger partial charge < -0.3 is 10.0 Å². The first-order valence-corrected chi connectivity index (χ1v) is 5.79. The van der Waals surface area contributed by atoms with Gasteiger partial charge in [-0.15, -0.1) is 0 Å². The second kappa shape index (κ2) is 4.42. The van der Waals surface area contributed by atoms with Crippen molar-refractivity contribution in [1.29, 1.82) is 0 Å². The van der Waals surface area contributed by atoms with E-state index in [1.165, 1.54) is 0 Å². The van der Waals surface area contributed by atoms with Gasteiger partial charge in [0.2, 0.25) is 0 Å². The van der Waals surface area contributed by atoms with E-state index in [1.54, 1.807) is 0 Å². The number of rotatable bonds is 1. The topological polar surface area (TPSA) is 49.2 Å². The molecule has 1 aliphatic heterocycles. The molecule has 4 nitrogen and oxygen atoms in total. The van der Waals surface area contributed by atoms with Gasteiger partial charge in [-0.1, -0.05) is 11.6 Å². The fourth-order valence-corrected chi connectivity index (χ4v) is 2.43. The Balaban J connectivity index is 2.08. The molecule has 1 aromatic heterocycles. The molecule has 1 saturated heterocycles. The largest absolute Gasteiger partial charge is 0.393 e. The second-order valence-electron chi connectivity index (χ2n) is 3.45. The molecule has 0 saturated carbocycles. The number of aliphatic hydroxyl groups excluding tert-OH is 1. The molecule has 0 aliphatic carbocycles. The molecule has 1 aliphatic rings. The Morgan fingerprint density at radius 1 is 1.36 bits per heavy atom. The number of hydrogen-bond donors (Lipinski definition) is 1. The lowest BCUT2D eigenvalue weighted by Crippen LogP contribution is -2.25. The van der Waals surface area contributed by atoms with Crippen LogP contribution in [-0.2, 0) is 0 Å². The van der Waals surface area contributed by atoms with Crippen LogP contribution in [-0.4, -0.2) is 33.0 Å². The van der Waals surface area contributed by atoms with Gasteiger partial charge in [-0.25, -0.2) is 0 Å². The van der Waals surface area contributed by atoms with Crippen molar-refractivity contribution >= 4 is 29.1 Å². The number of anilines is 1. The molecule has 2 heterocycles. The van der Waals surface area contributed by atoms with E-state index >= 15 is 0 Å². The lowest BCUT2D eigenvalue weighted by Gasteiger charge is -2.19. The molecule has 6 heteroatoms. The van der Waals surface area contributed by atoms with Crippen LogP contribution in [0, 0.1) is 0 Å². The van der Waals surface area contributed by atoms with Gasteiger partial charge in [0.05, 0.1) is 17.8 Å². The average Bonchev–Trinajstić information content (AvgIpc) is 2.46. The number of halogens is 1. The zero-order chi connectivity index (χ0) is 9.97. The van der Waals surface area contributed by atoms with E-state index in [1.807, 2.05) is 0 Å². The first-order valence-electron chi connectivity index (χ1n) is 4.68. The third kappa shape index (κ3) is 2.16. The molecule has 0 aromatic carbocycles. The summed E-state index contributed by atoms with van der Waals surface area (Å²) >= 11 is 7.03. The monoisotopic (exact) mass is 233 g/mol. The predicted octanol–water partition coefficient (Wildman–Crippen LogP) is 1.54. The van der Waals surface area contributed by atoms with Crippen molar-refractivity contribution in [2.45, 2.75) is 25.4 Å². The van der Waals surface area contributed by atoms with Crippen LogP contribution in [0.15, 0.2) is 0 Å². The fraction of sp³-hybridized carbons (Fsp3) is 0.750. The zero-order valence-corrected chi connectivity index (χ0v) is 9.26. The molecular formula is C8H12ClN3OS. The summed E-state index contributed by atoms with van der Waals surface area (Å²) < 4.78 is 8.08. The van der Waals surface area contributed by atoms with Crippen LogP contribution in [0.5, 0.6) is 0 Å². The van der Waals surface area contributed by atoms with Crippen LogP contribution in [0.3, 0.4) is 0 Å². The van der Waals surface area contributed by atoms with Crippen molar-refractivity contribution in [3.8, 4) is 0 Å². The Morgan fingerprint density at radius 3 is 2.93 bits per heavy atom. The maximum atomic E-state index is 9.48. The predicted molar refractivity (Wildman–Crippen MR) is 57.0 cm³/mol. The Morgan fingerprint density at radius 2 is 2.21 bits per heavy atom. The van der Waals surface area contributed by atoms with Crippen molar-refractivity contribution in [3.63, 3.8) is 0 Å². The summed E-state index contributed by atoms with van der Waals surface area (Å²) in [4.78, 5) is 2.10. The van der Waals surface area contributed by atoms with Crippen LogP contribution < -0.4 is 4.90 Å². The molecule has 1 aromatic rings. The van der Waals surface area contributed by atoms with Crippen LogP contribution in [0.2, 0.25) is 5.15 Å². The highest BCUT2D eigenvalue weighted by Gasteiger charge is 2.19. The SMILES string of the molecule is OC1CCCN(c2nsnc2Cl)CC1. The van der Waals surface area contributed by atoms with Gasteiger partial charge in [-0.2, -0.15) is 8.75 Å². The maximum absolute atomic E-state index is 9.48. The van der Waals surface area contributed by atoms with Crippen LogP contribution in [0.25, 0.3) is 0 Å². The van der Waals surface area contributed by atoms with Crippen LogP contribution in [0.4, 0.5) is 5.82 Å². The van der Waals surface area contributed by atoms with Crippen molar-refractivity contribution in [2.75, 3.05) is 18.0 Å². The first kappa shape index (κ1) is 10.1. The average molecular weight is 234 g/mol. The van der Waals surface area contributed by atoms with Gasteiger partial charge in [0, 0.05) is 13.1 Å². The minimum atomic E-state index is -0.176. The second-order valence-corrected chi connectivity index (χ2v) is 4.34. The third-order valence-electron chi connectivity index (χ3n) is 2.43. The number of hydrogen-bond acceptors (Lipinski definition) is 5. The summed E-state index contributed by atoms with van der Waals surface area (Å²) in [6, 6.07) is 0. The third-order valence-corrected chi connectivity index (χ3v) is 3.30. The molecule has 1 unspecified atom stereocenters. The molecule has 78 valence electrons. The summed E-state index contributed by atoms with van der Waals surface area (Å²) in [6.07, 6.45) is 2.46. The zero-order valence-electron chi connectivity index (χ0n) is 7.69. The van der Waals surface area contributed by atoms with Gasteiger partial charge >= 0.3 is 0 Å². The molecule has 1 atom stereocenters. The summed E-state index contributed by atoms with van der Waals surface area (Å²) in [5.41, 5.74) is 0. The molecule has 2 rings (SSSR count).